The monoisotopic (exact) mass is 220 g/mol. The van der Waals surface area contributed by atoms with E-state index in [1.165, 1.54) is 0 Å². The summed E-state index contributed by atoms with van der Waals surface area (Å²) in [4.78, 5) is 0. The highest BCUT2D eigenvalue weighted by Crippen LogP contribution is 2.11. The first-order chi connectivity index (χ1) is 6.81. The topological polar surface area (TPSA) is 60.7 Å². The van der Waals surface area contributed by atoms with Crippen LogP contribution in [0.15, 0.2) is 0 Å². The average molecular weight is 220 g/mol. The van der Waals surface area contributed by atoms with Gasteiger partial charge in [-0.25, -0.2) is 0 Å². The molecule has 0 aromatic carbocycles. The zero-order chi connectivity index (χ0) is 12.1. The van der Waals surface area contributed by atoms with Crippen LogP contribution in [0.1, 0.15) is 27.7 Å². The highest BCUT2D eigenvalue weighted by molar-refractivity contribution is 4.56. The zero-order valence-electron chi connectivity index (χ0n) is 10.3. The summed E-state index contributed by atoms with van der Waals surface area (Å²) >= 11 is 0. The number of aliphatic hydroxyl groups is 3. The fourth-order valence-corrected chi connectivity index (χ4v) is 2.29. The third-order valence-electron chi connectivity index (χ3n) is 2.63. The van der Waals surface area contributed by atoms with Crippen molar-refractivity contribution in [2.45, 2.75) is 46.0 Å². The molecule has 15 heavy (non-hydrogen) atoms. The van der Waals surface area contributed by atoms with Crippen molar-refractivity contribution in [2.75, 3.05) is 26.2 Å². The van der Waals surface area contributed by atoms with Crippen LogP contribution in [0, 0.1) is 0 Å². The fraction of sp³-hybridized carbons (Fsp3) is 1.00. The van der Waals surface area contributed by atoms with Crippen molar-refractivity contribution in [2.24, 2.45) is 0 Å². The second-order valence-electron chi connectivity index (χ2n) is 4.75. The van der Waals surface area contributed by atoms with Crippen LogP contribution in [0.2, 0.25) is 0 Å². The Morgan fingerprint density at radius 3 is 1.20 bits per heavy atom. The second-order valence-corrected chi connectivity index (χ2v) is 4.75. The van der Waals surface area contributed by atoms with Gasteiger partial charge in [-0.2, -0.15) is 0 Å². The Hall–Kier alpha value is -0.160. The average Bonchev–Trinajstić information content (AvgIpc) is 1.99. The molecule has 0 aliphatic heterocycles. The number of quaternary nitrogens is 1. The summed E-state index contributed by atoms with van der Waals surface area (Å²) in [6.45, 7) is 9.78. The Bertz CT molecular complexity index is 143. The summed E-state index contributed by atoms with van der Waals surface area (Å²) in [5.41, 5.74) is 0. The number of likely N-dealkylation sites (N-methyl/N-ethyl adjacent to an activating group) is 1. The van der Waals surface area contributed by atoms with Crippen molar-refractivity contribution in [3.8, 4) is 0 Å². The molecular weight excluding hydrogens is 194 g/mol. The van der Waals surface area contributed by atoms with E-state index in [1.54, 1.807) is 20.8 Å². The molecule has 0 spiro atoms. The van der Waals surface area contributed by atoms with Gasteiger partial charge in [0.25, 0.3) is 0 Å². The van der Waals surface area contributed by atoms with Crippen LogP contribution in [0.3, 0.4) is 0 Å². The molecule has 0 fully saturated rings. The van der Waals surface area contributed by atoms with E-state index in [0.29, 0.717) is 24.1 Å². The zero-order valence-corrected chi connectivity index (χ0v) is 10.3. The van der Waals surface area contributed by atoms with Crippen LogP contribution in [0.4, 0.5) is 0 Å². The van der Waals surface area contributed by atoms with E-state index in [0.717, 1.165) is 6.54 Å². The first-order valence-corrected chi connectivity index (χ1v) is 5.70. The molecule has 0 bridgehead atoms. The number of rotatable bonds is 7. The SMILES string of the molecule is CC[N+](CC(C)O)(CC(C)O)CC(C)O. The number of aliphatic hydroxyl groups excluding tert-OH is 3. The van der Waals surface area contributed by atoms with Crippen LogP contribution >= 0.6 is 0 Å². The number of hydrogen-bond acceptors (Lipinski definition) is 3. The molecule has 92 valence electrons. The predicted molar refractivity (Wildman–Crippen MR) is 60.4 cm³/mol. The third kappa shape index (κ3) is 6.10. The van der Waals surface area contributed by atoms with Crippen molar-refractivity contribution in [1.29, 1.82) is 0 Å². The summed E-state index contributed by atoms with van der Waals surface area (Å²) in [7, 11) is 0. The Kier molecular flexibility index (Phi) is 6.36. The van der Waals surface area contributed by atoms with E-state index >= 15 is 0 Å². The van der Waals surface area contributed by atoms with Crippen LogP contribution in [0.5, 0.6) is 0 Å². The molecule has 0 saturated heterocycles. The molecule has 0 radical (unpaired) electrons. The predicted octanol–water partition coefficient (Wildman–Crippen LogP) is -0.0345. The molecule has 3 atom stereocenters. The van der Waals surface area contributed by atoms with E-state index < -0.39 is 18.3 Å². The standard InChI is InChI=1S/C11H26NO3/c1-5-12(6-9(2)13,7-10(3)14)8-11(4)15/h9-11,13-15H,5-8H2,1-4H3/q+1. The molecule has 0 aliphatic carbocycles. The van der Waals surface area contributed by atoms with Crippen molar-refractivity contribution in [3.63, 3.8) is 0 Å². The summed E-state index contributed by atoms with van der Waals surface area (Å²) in [5, 5.41) is 28.4. The van der Waals surface area contributed by atoms with Gasteiger partial charge in [-0.15, -0.1) is 0 Å². The smallest absolute Gasteiger partial charge is 0.105 e. The van der Waals surface area contributed by atoms with Gasteiger partial charge in [0, 0.05) is 0 Å². The van der Waals surface area contributed by atoms with Gasteiger partial charge in [-0.05, 0) is 27.7 Å². The van der Waals surface area contributed by atoms with Gasteiger partial charge in [0.15, 0.2) is 0 Å². The lowest BCUT2D eigenvalue weighted by Crippen LogP contribution is -2.57. The Labute approximate surface area is 92.7 Å². The van der Waals surface area contributed by atoms with Gasteiger partial charge >= 0.3 is 0 Å². The van der Waals surface area contributed by atoms with Gasteiger partial charge in [-0.3, -0.25) is 0 Å². The van der Waals surface area contributed by atoms with Gasteiger partial charge in [0.05, 0.1) is 6.54 Å². The Balaban J connectivity index is 4.59. The molecule has 3 unspecified atom stereocenters. The minimum atomic E-state index is -0.414. The molecule has 0 rings (SSSR count). The van der Waals surface area contributed by atoms with Gasteiger partial charge in [0.2, 0.25) is 0 Å². The van der Waals surface area contributed by atoms with E-state index in [9.17, 15) is 15.3 Å². The van der Waals surface area contributed by atoms with Crippen molar-refractivity contribution in [1.82, 2.24) is 0 Å². The maximum absolute atomic E-state index is 9.47. The lowest BCUT2D eigenvalue weighted by Gasteiger charge is -2.40. The highest BCUT2D eigenvalue weighted by Gasteiger charge is 2.30. The normalized spacial score (nSPS) is 21.8. The maximum Gasteiger partial charge on any atom is 0.105 e. The quantitative estimate of drug-likeness (QED) is 0.528. The van der Waals surface area contributed by atoms with E-state index in [2.05, 4.69) is 0 Å². The van der Waals surface area contributed by atoms with Crippen molar-refractivity contribution in [3.05, 3.63) is 0 Å². The van der Waals surface area contributed by atoms with Crippen LogP contribution < -0.4 is 0 Å². The molecule has 0 heterocycles. The second kappa shape index (κ2) is 6.43. The van der Waals surface area contributed by atoms with Gasteiger partial charge < -0.3 is 19.8 Å². The van der Waals surface area contributed by atoms with E-state index in [1.807, 2.05) is 6.92 Å². The van der Waals surface area contributed by atoms with Gasteiger partial charge in [-0.1, -0.05) is 0 Å². The summed E-state index contributed by atoms with van der Waals surface area (Å²) in [6.07, 6.45) is -1.24. The Morgan fingerprint density at radius 2 is 1.07 bits per heavy atom. The van der Waals surface area contributed by atoms with Crippen LogP contribution in [-0.2, 0) is 0 Å². The van der Waals surface area contributed by atoms with Gasteiger partial charge in [0.1, 0.15) is 37.9 Å². The van der Waals surface area contributed by atoms with Crippen molar-refractivity contribution >= 4 is 0 Å². The maximum atomic E-state index is 9.47. The van der Waals surface area contributed by atoms with Crippen LogP contribution in [0.25, 0.3) is 0 Å². The Morgan fingerprint density at radius 1 is 0.800 bits per heavy atom. The molecule has 0 amide bonds. The minimum Gasteiger partial charge on any atom is -0.388 e. The number of hydrogen-bond donors (Lipinski definition) is 3. The molecule has 4 nitrogen and oxygen atoms in total. The molecule has 0 saturated carbocycles. The lowest BCUT2D eigenvalue weighted by molar-refractivity contribution is -0.934. The molecule has 0 aromatic heterocycles. The number of nitrogens with zero attached hydrogens (tertiary/aromatic N) is 1. The van der Waals surface area contributed by atoms with E-state index in [-0.39, 0.29) is 0 Å². The first kappa shape index (κ1) is 14.8. The summed E-state index contributed by atoms with van der Waals surface area (Å²) in [5.74, 6) is 0. The lowest BCUT2D eigenvalue weighted by atomic mass is 10.2. The first-order valence-electron chi connectivity index (χ1n) is 5.70. The molecule has 3 N–H and O–H groups in total. The summed E-state index contributed by atoms with van der Waals surface area (Å²) < 4.78 is 0.562. The fourth-order valence-electron chi connectivity index (χ4n) is 2.29. The largest absolute Gasteiger partial charge is 0.388 e. The molecule has 4 heteroatoms. The van der Waals surface area contributed by atoms with E-state index in [4.69, 9.17) is 0 Å². The molecule has 0 aliphatic rings. The molecule has 0 aromatic rings. The van der Waals surface area contributed by atoms with Crippen LogP contribution in [-0.4, -0.2) is 64.3 Å². The van der Waals surface area contributed by atoms with Crippen molar-refractivity contribution < 1.29 is 19.8 Å². The highest BCUT2D eigenvalue weighted by atomic mass is 16.3. The third-order valence-corrected chi connectivity index (χ3v) is 2.63. The minimum absolute atomic E-state index is 0.414. The summed E-state index contributed by atoms with van der Waals surface area (Å²) in [6, 6.07) is 0. The molecular formula is C11H26NO3+.